The molecule has 5 heteroatoms. The van der Waals surface area contributed by atoms with Crippen LogP contribution in [0.3, 0.4) is 0 Å². The number of anilines is 2. The van der Waals surface area contributed by atoms with E-state index in [1.54, 1.807) is 13.8 Å². The molecule has 1 aromatic rings. The van der Waals surface area contributed by atoms with Crippen molar-refractivity contribution in [2.24, 2.45) is 0 Å². The number of hydrogen-bond donors (Lipinski definition) is 3. The van der Waals surface area contributed by atoms with Crippen molar-refractivity contribution < 1.29 is 5.11 Å². The second kappa shape index (κ2) is 4.74. The van der Waals surface area contributed by atoms with Crippen molar-refractivity contribution in [3.63, 3.8) is 0 Å². The third-order valence-corrected chi connectivity index (χ3v) is 2.30. The fourth-order valence-corrected chi connectivity index (χ4v) is 1.46. The molecule has 1 heterocycles. The van der Waals surface area contributed by atoms with Gasteiger partial charge in [0.25, 0.3) is 0 Å². The second-order valence-electron chi connectivity index (χ2n) is 4.74. The Morgan fingerprint density at radius 1 is 1.50 bits per heavy atom. The average Bonchev–Trinajstić information content (AvgIpc) is 2.40. The maximum atomic E-state index is 9.66. The van der Waals surface area contributed by atoms with Gasteiger partial charge >= 0.3 is 0 Å². The highest BCUT2D eigenvalue weighted by atomic mass is 16.3. The van der Waals surface area contributed by atoms with E-state index >= 15 is 0 Å². The molecule has 92 valence electrons. The van der Waals surface area contributed by atoms with Crippen LogP contribution in [0, 0.1) is 6.92 Å². The maximum Gasteiger partial charge on any atom is 0.148 e. The number of nitrogens with two attached hydrogens (primary N) is 1. The third-order valence-electron chi connectivity index (χ3n) is 2.30. The van der Waals surface area contributed by atoms with Gasteiger partial charge in [0.05, 0.1) is 17.0 Å². The molecule has 0 spiro atoms. The fourth-order valence-electron chi connectivity index (χ4n) is 1.46. The van der Waals surface area contributed by atoms with Crippen LogP contribution in [0.1, 0.15) is 32.9 Å². The van der Waals surface area contributed by atoms with Crippen molar-refractivity contribution in [2.45, 2.75) is 46.3 Å². The lowest BCUT2D eigenvalue weighted by atomic mass is 10.1. The molecule has 16 heavy (non-hydrogen) atoms. The minimum atomic E-state index is -0.762. The van der Waals surface area contributed by atoms with Crippen LogP contribution in [-0.4, -0.2) is 27.0 Å². The van der Waals surface area contributed by atoms with Crippen molar-refractivity contribution in [1.29, 1.82) is 0 Å². The predicted octanol–water partition coefficient (Wildman–Crippen LogP) is 1.37. The van der Waals surface area contributed by atoms with E-state index in [4.69, 9.17) is 5.73 Å². The molecule has 0 aliphatic heterocycles. The highest BCUT2D eigenvalue weighted by Crippen LogP contribution is 2.23. The van der Waals surface area contributed by atoms with Crippen LogP contribution >= 0.6 is 0 Å². The molecule has 4 N–H and O–H groups in total. The molecule has 5 nitrogen and oxygen atoms in total. The van der Waals surface area contributed by atoms with E-state index in [0.717, 1.165) is 24.5 Å². The highest BCUT2D eigenvalue weighted by molar-refractivity contribution is 5.64. The standard InChI is InChI=1S/C11H22N4O/c1-5-6-15-10(9(12)8(2)14-15)13-7-11(3,4)16/h13,16H,5-7,12H2,1-4H3. The van der Waals surface area contributed by atoms with Crippen LogP contribution < -0.4 is 11.1 Å². The molecule has 0 amide bonds. The Bertz CT molecular complexity index is 352. The molecule has 0 radical (unpaired) electrons. The first-order chi connectivity index (χ1) is 7.35. The van der Waals surface area contributed by atoms with Crippen LogP contribution in [-0.2, 0) is 6.54 Å². The Labute approximate surface area is 96.6 Å². The Balaban J connectivity index is 2.84. The van der Waals surface area contributed by atoms with Gasteiger partial charge in [0.1, 0.15) is 5.82 Å². The van der Waals surface area contributed by atoms with Crippen LogP contribution in [0.25, 0.3) is 0 Å². The Hall–Kier alpha value is -1.23. The first kappa shape index (κ1) is 12.8. The summed E-state index contributed by atoms with van der Waals surface area (Å²) in [6.45, 7) is 8.76. The summed E-state index contributed by atoms with van der Waals surface area (Å²) >= 11 is 0. The smallest absolute Gasteiger partial charge is 0.148 e. The Kier molecular flexibility index (Phi) is 3.80. The van der Waals surface area contributed by atoms with Crippen LogP contribution in [0.15, 0.2) is 0 Å². The largest absolute Gasteiger partial charge is 0.394 e. The lowest BCUT2D eigenvalue weighted by molar-refractivity contribution is 0.0943. The van der Waals surface area contributed by atoms with Gasteiger partial charge in [-0.05, 0) is 27.2 Å². The number of aromatic nitrogens is 2. The van der Waals surface area contributed by atoms with Gasteiger partial charge in [0.2, 0.25) is 0 Å². The summed E-state index contributed by atoms with van der Waals surface area (Å²) in [5.74, 6) is 0.807. The predicted molar refractivity (Wildman–Crippen MR) is 66.5 cm³/mol. The second-order valence-corrected chi connectivity index (χ2v) is 4.74. The van der Waals surface area contributed by atoms with Gasteiger partial charge in [0, 0.05) is 13.1 Å². The quantitative estimate of drug-likeness (QED) is 0.708. The van der Waals surface area contributed by atoms with Gasteiger partial charge in [-0.25, -0.2) is 4.68 Å². The van der Waals surface area contributed by atoms with Crippen molar-refractivity contribution >= 4 is 11.5 Å². The molecule has 0 aliphatic carbocycles. The third kappa shape index (κ3) is 3.13. The number of nitrogen functional groups attached to an aromatic ring is 1. The average molecular weight is 226 g/mol. The summed E-state index contributed by atoms with van der Waals surface area (Å²) in [6.07, 6.45) is 0.998. The molecule has 0 fully saturated rings. The van der Waals surface area contributed by atoms with Crippen molar-refractivity contribution in [3.8, 4) is 0 Å². The van der Waals surface area contributed by atoms with E-state index in [0.29, 0.717) is 12.2 Å². The van der Waals surface area contributed by atoms with Gasteiger partial charge in [-0.1, -0.05) is 6.92 Å². The summed E-state index contributed by atoms with van der Waals surface area (Å²) in [6, 6.07) is 0. The van der Waals surface area contributed by atoms with E-state index < -0.39 is 5.60 Å². The summed E-state index contributed by atoms with van der Waals surface area (Å²) in [5, 5.41) is 17.2. The summed E-state index contributed by atoms with van der Waals surface area (Å²) in [7, 11) is 0. The monoisotopic (exact) mass is 226 g/mol. The number of nitrogens with one attached hydrogen (secondary N) is 1. The molecular weight excluding hydrogens is 204 g/mol. The molecule has 0 aliphatic rings. The molecule has 0 unspecified atom stereocenters. The minimum absolute atomic E-state index is 0.450. The van der Waals surface area contributed by atoms with Crippen LogP contribution in [0.2, 0.25) is 0 Å². The lowest BCUT2D eigenvalue weighted by Gasteiger charge is -2.19. The van der Waals surface area contributed by atoms with Gasteiger partial charge in [-0.2, -0.15) is 5.10 Å². The molecule has 0 atom stereocenters. The molecule has 0 saturated heterocycles. The molecular formula is C11H22N4O. The molecule has 1 aromatic heterocycles. The first-order valence-electron chi connectivity index (χ1n) is 5.64. The van der Waals surface area contributed by atoms with Gasteiger partial charge < -0.3 is 16.2 Å². The number of rotatable bonds is 5. The lowest BCUT2D eigenvalue weighted by Crippen LogP contribution is -2.30. The topological polar surface area (TPSA) is 76.1 Å². The molecule has 1 rings (SSSR count). The van der Waals surface area contributed by atoms with Crippen LogP contribution in [0.4, 0.5) is 11.5 Å². The highest BCUT2D eigenvalue weighted by Gasteiger charge is 2.16. The first-order valence-corrected chi connectivity index (χ1v) is 5.64. The summed E-state index contributed by atoms with van der Waals surface area (Å²) in [5.41, 5.74) is 6.66. The maximum absolute atomic E-state index is 9.66. The van der Waals surface area contributed by atoms with E-state index in [9.17, 15) is 5.11 Å². The Morgan fingerprint density at radius 2 is 2.12 bits per heavy atom. The zero-order chi connectivity index (χ0) is 12.3. The summed E-state index contributed by atoms with van der Waals surface area (Å²) < 4.78 is 1.86. The van der Waals surface area contributed by atoms with Gasteiger partial charge in [-0.3, -0.25) is 0 Å². The normalized spacial score (nSPS) is 11.8. The number of nitrogens with zero attached hydrogens (tertiary/aromatic N) is 2. The SMILES string of the molecule is CCCn1nc(C)c(N)c1NCC(C)(C)O. The Morgan fingerprint density at radius 3 is 2.62 bits per heavy atom. The molecule has 0 aromatic carbocycles. The fraction of sp³-hybridized carbons (Fsp3) is 0.727. The van der Waals surface area contributed by atoms with E-state index in [2.05, 4.69) is 17.3 Å². The van der Waals surface area contributed by atoms with Gasteiger partial charge in [-0.15, -0.1) is 0 Å². The van der Waals surface area contributed by atoms with Gasteiger partial charge in [0.15, 0.2) is 0 Å². The van der Waals surface area contributed by atoms with E-state index in [-0.39, 0.29) is 0 Å². The van der Waals surface area contributed by atoms with Crippen molar-refractivity contribution in [1.82, 2.24) is 9.78 Å². The number of aliphatic hydroxyl groups is 1. The molecule has 0 bridgehead atoms. The van der Waals surface area contributed by atoms with E-state index in [1.807, 2.05) is 11.6 Å². The van der Waals surface area contributed by atoms with Crippen molar-refractivity contribution in [2.75, 3.05) is 17.6 Å². The number of hydrogen-bond acceptors (Lipinski definition) is 4. The van der Waals surface area contributed by atoms with Crippen LogP contribution in [0.5, 0.6) is 0 Å². The number of aryl methyl sites for hydroxylation is 2. The zero-order valence-corrected chi connectivity index (χ0v) is 10.5. The van der Waals surface area contributed by atoms with Crippen molar-refractivity contribution in [3.05, 3.63) is 5.69 Å². The molecule has 0 saturated carbocycles. The zero-order valence-electron chi connectivity index (χ0n) is 10.5. The minimum Gasteiger partial charge on any atom is -0.394 e. The summed E-state index contributed by atoms with van der Waals surface area (Å²) in [4.78, 5) is 0. The van der Waals surface area contributed by atoms with E-state index in [1.165, 1.54) is 0 Å².